The molecule has 1 aliphatic carbocycles. The van der Waals surface area contributed by atoms with Gasteiger partial charge in [-0.05, 0) is 97.2 Å². The Morgan fingerprint density at radius 2 is 1.69 bits per heavy atom. The van der Waals surface area contributed by atoms with Crippen LogP contribution in [0.4, 0.5) is 10.5 Å². The topological polar surface area (TPSA) is 99.2 Å². The summed E-state index contributed by atoms with van der Waals surface area (Å²) in [6.45, 7) is 10.9. The van der Waals surface area contributed by atoms with Crippen molar-refractivity contribution in [2.24, 2.45) is 17.3 Å². The Hall–Kier alpha value is -2.57. The number of aromatic carboxylic acids is 1. The van der Waals surface area contributed by atoms with Crippen LogP contribution in [0.25, 0.3) is 0 Å². The number of hydrogen-bond acceptors (Lipinski definition) is 6. The Morgan fingerprint density at radius 3 is 2.28 bits per heavy atom. The number of nitrogens with one attached hydrogen (secondary N) is 1. The van der Waals surface area contributed by atoms with E-state index in [1.807, 2.05) is 20.8 Å². The Morgan fingerprint density at radius 1 is 1.05 bits per heavy atom. The molecule has 0 unspecified atom stereocenters. The van der Waals surface area contributed by atoms with Crippen molar-refractivity contribution in [1.29, 1.82) is 0 Å². The molecule has 3 aliphatic rings. The number of thiophene rings is 1. The van der Waals surface area contributed by atoms with Gasteiger partial charge in [0.25, 0.3) is 0 Å². The molecule has 1 saturated carbocycles. The summed E-state index contributed by atoms with van der Waals surface area (Å²) in [7, 11) is 0. The van der Waals surface area contributed by atoms with E-state index in [4.69, 9.17) is 4.74 Å². The maximum Gasteiger partial charge on any atom is 0.410 e. The minimum absolute atomic E-state index is 0.00765. The maximum atomic E-state index is 14.1. The molecular formula is C30H43N3O5S. The van der Waals surface area contributed by atoms with Crippen LogP contribution >= 0.6 is 11.3 Å². The smallest absolute Gasteiger partial charge is 0.410 e. The van der Waals surface area contributed by atoms with Crippen molar-refractivity contribution in [3.8, 4) is 11.8 Å². The van der Waals surface area contributed by atoms with Crippen LogP contribution in [-0.2, 0) is 9.53 Å². The zero-order chi connectivity index (χ0) is 28.2. The fraction of sp³-hybridized carbons (Fsp3) is 0.700. The van der Waals surface area contributed by atoms with E-state index in [2.05, 4.69) is 24.1 Å². The molecule has 3 fully saturated rings. The first-order valence-corrected chi connectivity index (χ1v) is 15.2. The Balaban J connectivity index is 1.56. The molecule has 39 heavy (non-hydrogen) atoms. The molecule has 214 valence electrons. The van der Waals surface area contributed by atoms with Crippen LogP contribution in [0.5, 0.6) is 0 Å². The number of piperidine rings is 2. The number of carboxylic acids is 1. The van der Waals surface area contributed by atoms with Crippen molar-refractivity contribution < 1.29 is 24.2 Å². The van der Waals surface area contributed by atoms with E-state index in [0.29, 0.717) is 42.4 Å². The summed E-state index contributed by atoms with van der Waals surface area (Å²) in [6, 6.07) is 1.60. The zero-order valence-electron chi connectivity index (χ0n) is 23.8. The van der Waals surface area contributed by atoms with Crippen molar-refractivity contribution >= 4 is 35.0 Å². The van der Waals surface area contributed by atoms with Crippen LogP contribution in [0, 0.1) is 29.1 Å². The monoisotopic (exact) mass is 557 g/mol. The average molecular weight is 558 g/mol. The first kappa shape index (κ1) is 29.4. The molecule has 1 aromatic heterocycles. The van der Waals surface area contributed by atoms with Crippen LogP contribution in [0.15, 0.2) is 6.07 Å². The van der Waals surface area contributed by atoms with E-state index >= 15 is 0 Å². The molecule has 2 aliphatic heterocycles. The minimum Gasteiger partial charge on any atom is -0.477 e. The predicted octanol–water partition coefficient (Wildman–Crippen LogP) is 5.36. The number of likely N-dealkylation sites (tertiary alicyclic amines) is 1. The third-order valence-corrected chi connectivity index (χ3v) is 9.00. The van der Waals surface area contributed by atoms with Gasteiger partial charge in [-0.1, -0.05) is 18.8 Å². The van der Waals surface area contributed by atoms with Gasteiger partial charge >= 0.3 is 12.1 Å². The standard InChI is InChI=1S/C30H43N3O5S/c1-20-5-7-21(8-6-20)27(34)33(25-19-24(9-14-30(2,3)4)39-26(25)28(35)36)22-12-17-32(18-13-22)29(37)38-23-10-15-31-16-11-23/h19-23,31H,5-8,10-13,15-18H2,1-4H3,(H,35,36). The van der Waals surface area contributed by atoms with Gasteiger partial charge in [-0.25, -0.2) is 9.59 Å². The van der Waals surface area contributed by atoms with Gasteiger partial charge in [0.15, 0.2) is 0 Å². The molecule has 0 aromatic carbocycles. The van der Waals surface area contributed by atoms with Crippen LogP contribution < -0.4 is 10.2 Å². The highest BCUT2D eigenvalue weighted by molar-refractivity contribution is 7.15. The summed E-state index contributed by atoms with van der Waals surface area (Å²) < 4.78 is 5.75. The molecule has 0 atom stereocenters. The van der Waals surface area contributed by atoms with Gasteiger partial charge in [0.2, 0.25) is 5.91 Å². The highest BCUT2D eigenvalue weighted by Crippen LogP contribution is 2.38. The lowest BCUT2D eigenvalue weighted by molar-refractivity contribution is -0.124. The predicted molar refractivity (Wildman–Crippen MR) is 153 cm³/mol. The quantitative estimate of drug-likeness (QED) is 0.473. The van der Waals surface area contributed by atoms with Crippen LogP contribution in [0.3, 0.4) is 0 Å². The zero-order valence-corrected chi connectivity index (χ0v) is 24.6. The van der Waals surface area contributed by atoms with Crippen LogP contribution in [-0.4, -0.2) is 66.3 Å². The summed E-state index contributed by atoms with van der Waals surface area (Å²) in [6.07, 6.45) is 6.10. The third kappa shape index (κ3) is 7.76. The van der Waals surface area contributed by atoms with Gasteiger partial charge in [-0.3, -0.25) is 4.79 Å². The summed E-state index contributed by atoms with van der Waals surface area (Å²) in [4.78, 5) is 43.6. The molecule has 0 spiro atoms. The fourth-order valence-corrected chi connectivity index (χ4v) is 6.50. The molecule has 2 saturated heterocycles. The van der Waals surface area contributed by atoms with Gasteiger partial charge in [0, 0.05) is 30.5 Å². The van der Waals surface area contributed by atoms with Crippen molar-refractivity contribution in [3.05, 3.63) is 15.8 Å². The average Bonchev–Trinajstić information content (AvgIpc) is 3.33. The normalized spacial score (nSPS) is 23.0. The number of hydrogen-bond donors (Lipinski definition) is 2. The summed E-state index contributed by atoms with van der Waals surface area (Å²) >= 11 is 1.13. The SMILES string of the molecule is CC1CCC(C(=O)N(c2cc(C#CC(C)(C)C)sc2C(=O)O)C2CCN(C(=O)OC3CCNCC3)CC2)CC1. The highest BCUT2D eigenvalue weighted by Gasteiger charge is 2.38. The lowest BCUT2D eigenvalue weighted by Crippen LogP contribution is -2.51. The molecule has 4 rings (SSSR count). The molecular weight excluding hydrogens is 514 g/mol. The largest absolute Gasteiger partial charge is 0.477 e. The second-order valence-corrected chi connectivity index (χ2v) is 13.4. The van der Waals surface area contributed by atoms with Gasteiger partial charge in [0.05, 0.1) is 10.6 Å². The Bertz CT molecular complexity index is 1090. The number of carboxylic acid groups (broad SMARTS) is 1. The lowest BCUT2D eigenvalue weighted by Gasteiger charge is -2.40. The molecule has 9 heteroatoms. The molecule has 0 radical (unpaired) electrons. The van der Waals surface area contributed by atoms with Crippen molar-refractivity contribution in [2.75, 3.05) is 31.1 Å². The Kier molecular flexibility index (Phi) is 9.60. The summed E-state index contributed by atoms with van der Waals surface area (Å²) in [5.74, 6) is 5.77. The maximum absolute atomic E-state index is 14.1. The van der Waals surface area contributed by atoms with E-state index in [1.165, 1.54) is 0 Å². The van der Waals surface area contributed by atoms with Gasteiger partial charge in [-0.15, -0.1) is 11.3 Å². The van der Waals surface area contributed by atoms with E-state index in [0.717, 1.165) is 63.0 Å². The molecule has 1 aromatic rings. The second kappa shape index (κ2) is 12.7. The number of carbonyl (C=O) groups is 3. The number of nitrogens with zero attached hydrogens (tertiary/aromatic N) is 2. The summed E-state index contributed by atoms with van der Waals surface area (Å²) in [5.41, 5.74) is 0.224. The Labute approximate surface area is 236 Å². The van der Waals surface area contributed by atoms with Crippen molar-refractivity contribution in [3.63, 3.8) is 0 Å². The molecule has 0 bridgehead atoms. The third-order valence-electron chi connectivity index (χ3n) is 7.97. The number of anilines is 1. The highest BCUT2D eigenvalue weighted by atomic mass is 32.1. The van der Waals surface area contributed by atoms with E-state index in [9.17, 15) is 19.5 Å². The van der Waals surface area contributed by atoms with E-state index < -0.39 is 5.97 Å². The minimum atomic E-state index is -1.04. The fourth-order valence-electron chi connectivity index (χ4n) is 5.66. The second-order valence-electron chi connectivity index (χ2n) is 12.3. The lowest BCUT2D eigenvalue weighted by atomic mass is 9.82. The van der Waals surface area contributed by atoms with Crippen molar-refractivity contribution in [2.45, 2.75) is 91.2 Å². The van der Waals surface area contributed by atoms with Gasteiger partial charge in [-0.2, -0.15) is 0 Å². The van der Waals surface area contributed by atoms with E-state index in [-0.39, 0.29) is 40.4 Å². The van der Waals surface area contributed by atoms with Crippen LogP contribution in [0.1, 0.15) is 93.6 Å². The molecule has 3 heterocycles. The molecule has 8 nitrogen and oxygen atoms in total. The molecule has 2 amide bonds. The number of ether oxygens (including phenoxy) is 1. The van der Waals surface area contributed by atoms with Gasteiger partial charge < -0.3 is 25.0 Å². The number of rotatable bonds is 5. The van der Waals surface area contributed by atoms with Crippen molar-refractivity contribution in [1.82, 2.24) is 10.2 Å². The number of carbonyl (C=O) groups excluding carboxylic acids is 2. The first-order chi connectivity index (χ1) is 18.5. The first-order valence-electron chi connectivity index (χ1n) is 14.4. The summed E-state index contributed by atoms with van der Waals surface area (Å²) in [5, 5.41) is 13.4. The van der Waals surface area contributed by atoms with E-state index in [1.54, 1.807) is 15.9 Å². The van der Waals surface area contributed by atoms with Gasteiger partial charge in [0.1, 0.15) is 11.0 Å². The van der Waals surface area contributed by atoms with Crippen LogP contribution in [0.2, 0.25) is 0 Å². The number of amides is 2. The molecule has 2 N–H and O–H groups in total.